The number of rotatable bonds is 7. The van der Waals surface area contributed by atoms with Crippen molar-refractivity contribution in [3.05, 3.63) is 82.2 Å². The summed E-state index contributed by atoms with van der Waals surface area (Å²) in [5, 5.41) is 0. The maximum absolute atomic E-state index is 13.5. The van der Waals surface area contributed by atoms with Crippen LogP contribution in [-0.2, 0) is 16.0 Å². The molecule has 0 unspecified atom stereocenters. The number of Topliss-reactive ketones (excluding diaryl/α,β-unsaturated/α-hetero) is 2. The molecule has 5 heteroatoms. The van der Waals surface area contributed by atoms with Gasteiger partial charge in [0.15, 0.2) is 23.1 Å². The highest BCUT2D eigenvalue weighted by Gasteiger charge is 2.43. The molecule has 2 aliphatic carbocycles. The number of allylic oxidation sites excluding steroid dienone is 4. The third kappa shape index (κ3) is 4.44. The van der Waals surface area contributed by atoms with Gasteiger partial charge in [-0.2, -0.15) is 0 Å². The molecule has 0 spiro atoms. The van der Waals surface area contributed by atoms with E-state index >= 15 is 0 Å². The first-order valence-corrected chi connectivity index (χ1v) is 12.7. The number of ether oxygens (including phenoxy) is 2. The molecule has 5 nitrogen and oxygen atoms in total. The summed E-state index contributed by atoms with van der Waals surface area (Å²) in [4.78, 5) is 29.3. The van der Waals surface area contributed by atoms with Gasteiger partial charge in [-0.15, -0.1) is 6.42 Å². The van der Waals surface area contributed by atoms with Crippen LogP contribution >= 0.6 is 0 Å². The van der Waals surface area contributed by atoms with Gasteiger partial charge in [0.2, 0.25) is 0 Å². The van der Waals surface area contributed by atoms with Gasteiger partial charge in [0.25, 0.3) is 0 Å². The van der Waals surface area contributed by atoms with Gasteiger partial charge in [-0.3, -0.25) is 9.59 Å². The smallest absolute Gasteiger partial charge is 0.162 e. The minimum Gasteiger partial charge on any atom is -0.493 e. The van der Waals surface area contributed by atoms with E-state index in [4.69, 9.17) is 15.9 Å². The SMILES string of the molecule is C#CCOc1ccc(C2C3=C(CCCC3=O)N(CCc3ccccc3)C3=C2C(=O)CCC3)cc1OC. The van der Waals surface area contributed by atoms with Crippen molar-refractivity contribution in [3.8, 4) is 23.8 Å². The number of hydrogen-bond acceptors (Lipinski definition) is 5. The highest BCUT2D eigenvalue weighted by Crippen LogP contribution is 2.50. The summed E-state index contributed by atoms with van der Waals surface area (Å²) in [6.07, 6.45) is 10.6. The van der Waals surface area contributed by atoms with Crippen LogP contribution in [0.4, 0.5) is 0 Å². The summed E-state index contributed by atoms with van der Waals surface area (Å²) in [6.45, 7) is 0.897. The van der Waals surface area contributed by atoms with Crippen molar-refractivity contribution in [1.29, 1.82) is 0 Å². The zero-order valence-electron chi connectivity index (χ0n) is 20.7. The predicted octanol–water partition coefficient (Wildman–Crippen LogP) is 5.36. The fourth-order valence-electron chi connectivity index (χ4n) is 5.81. The Morgan fingerprint density at radius 2 is 1.58 bits per heavy atom. The Morgan fingerprint density at radius 1 is 0.917 bits per heavy atom. The van der Waals surface area contributed by atoms with Crippen molar-refractivity contribution in [3.63, 3.8) is 0 Å². The van der Waals surface area contributed by atoms with Crippen molar-refractivity contribution in [1.82, 2.24) is 4.90 Å². The zero-order chi connectivity index (χ0) is 25.1. The lowest BCUT2D eigenvalue weighted by atomic mass is 9.71. The average molecular weight is 482 g/mol. The number of carbonyl (C=O) groups excluding carboxylic acids is 2. The van der Waals surface area contributed by atoms with Gasteiger partial charge < -0.3 is 14.4 Å². The Morgan fingerprint density at radius 3 is 2.19 bits per heavy atom. The van der Waals surface area contributed by atoms with Gasteiger partial charge in [0.05, 0.1) is 7.11 Å². The number of methoxy groups -OCH3 is 1. The second kappa shape index (κ2) is 10.5. The molecular weight excluding hydrogens is 450 g/mol. The van der Waals surface area contributed by atoms with Gasteiger partial charge >= 0.3 is 0 Å². The summed E-state index contributed by atoms with van der Waals surface area (Å²) >= 11 is 0. The number of nitrogens with zero attached hydrogens (tertiary/aromatic N) is 1. The molecule has 0 amide bonds. The fourth-order valence-corrected chi connectivity index (χ4v) is 5.81. The van der Waals surface area contributed by atoms with Crippen molar-refractivity contribution in [2.45, 2.75) is 50.9 Å². The van der Waals surface area contributed by atoms with E-state index in [1.165, 1.54) is 5.56 Å². The van der Waals surface area contributed by atoms with Crippen LogP contribution in [0, 0.1) is 12.3 Å². The van der Waals surface area contributed by atoms with Crippen LogP contribution in [0.25, 0.3) is 0 Å². The molecule has 0 saturated heterocycles. The Hall–Kier alpha value is -3.78. The summed E-state index contributed by atoms with van der Waals surface area (Å²) in [5.41, 5.74) is 5.87. The minimum atomic E-state index is -0.376. The van der Waals surface area contributed by atoms with Crippen LogP contribution in [0.1, 0.15) is 55.6 Å². The summed E-state index contributed by atoms with van der Waals surface area (Å²) in [7, 11) is 1.58. The molecular formula is C31H31NO4. The molecule has 0 bridgehead atoms. The van der Waals surface area contributed by atoms with Gasteiger partial charge in [-0.1, -0.05) is 42.3 Å². The topological polar surface area (TPSA) is 55.8 Å². The Balaban J connectivity index is 1.61. The minimum absolute atomic E-state index is 0.136. The standard InChI is InChI=1S/C31H31NO4/c1-3-19-36-27-16-15-22(20-28(27)35-2)29-30-23(11-7-13-25(30)33)32(18-17-21-9-5-4-6-10-21)24-12-8-14-26(34)31(24)29/h1,4-6,9-10,15-16,20,29H,7-8,11-14,17-19H2,2H3. The Kier molecular flexibility index (Phi) is 6.95. The first kappa shape index (κ1) is 23.9. The lowest BCUT2D eigenvalue weighted by molar-refractivity contribution is -0.117. The van der Waals surface area contributed by atoms with Gasteiger partial charge in [0, 0.05) is 47.8 Å². The molecule has 0 fully saturated rings. The zero-order valence-corrected chi connectivity index (χ0v) is 20.7. The molecule has 1 aliphatic heterocycles. The molecule has 1 heterocycles. The second-order valence-corrected chi connectivity index (χ2v) is 9.50. The molecule has 36 heavy (non-hydrogen) atoms. The average Bonchev–Trinajstić information content (AvgIpc) is 2.91. The molecule has 3 aliphatic rings. The fraction of sp³-hybridized carbons (Fsp3) is 0.355. The third-order valence-electron chi connectivity index (χ3n) is 7.39. The highest BCUT2D eigenvalue weighted by molar-refractivity contribution is 6.06. The monoisotopic (exact) mass is 481 g/mol. The highest BCUT2D eigenvalue weighted by atomic mass is 16.5. The summed E-state index contributed by atoms with van der Waals surface area (Å²) in [5.74, 6) is 3.47. The third-order valence-corrected chi connectivity index (χ3v) is 7.39. The molecule has 5 rings (SSSR count). The van der Waals surface area contributed by atoms with Crippen molar-refractivity contribution in [2.75, 3.05) is 20.3 Å². The van der Waals surface area contributed by atoms with Gasteiger partial charge in [-0.25, -0.2) is 0 Å². The number of ketones is 2. The first-order valence-electron chi connectivity index (χ1n) is 12.7. The first-order chi connectivity index (χ1) is 17.6. The molecule has 0 aromatic heterocycles. The van der Waals surface area contributed by atoms with Gasteiger partial charge in [0.1, 0.15) is 6.61 Å². The van der Waals surface area contributed by atoms with Crippen molar-refractivity contribution >= 4 is 11.6 Å². The van der Waals surface area contributed by atoms with Crippen LogP contribution < -0.4 is 9.47 Å². The van der Waals surface area contributed by atoms with Crippen LogP contribution in [0.15, 0.2) is 71.1 Å². The van der Waals surface area contributed by atoms with Crippen LogP contribution in [0.5, 0.6) is 11.5 Å². The van der Waals surface area contributed by atoms with Crippen molar-refractivity contribution in [2.24, 2.45) is 0 Å². The van der Waals surface area contributed by atoms with E-state index in [-0.39, 0.29) is 24.1 Å². The number of benzene rings is 2. The van der Waals surface area contributed by atoms with E-state index in [9.17, 15) is 9.59 Å². The molecule has 184 valence electrons. The Bertz CT molecular complexity index is 1240. The summed E-state index contributed by atoms with van der Waals surface area (Å²) < 4.78 is 11.2. The maximum Gasteiger partial charge on any atom is 0.162 e. The van der Waals surface area contributed by atoms with Crippen LogP contribution in [-0.4, -0.2) is 36.7 Å². The van der Waals surface area contributed by atoms with E-state index in [0.29, 0.717) is 24.3 Å². The molecule has 0 saturated carbocycles. The largest absolute Gasteiger partial charge is 0.493 e. The van der Waals surface area contributed by atoms with Crippen LogP contribution in [0.2, 0.25) is 0 Å². The molecule has 0 N–H and O–H groups in total. The van der Waals surface area contributed by atoms with E-state index in [2.05, 4.69) is 35.1 Å². The van der Waals surface area contributed by atoms with E-state index in [0.717, 1.165) is 66.8 Å². The molecule has 2 aromatic carbocycles. The van der Waals surface area contributed by atoms with E-state index in [1.807, 2.05) is 24.3 Å². The normalized spacial score (nSPS) is 18.1. The van der Waals surface area contributed by atoms with Gasteiger partial charge in [-0.05, 0) is 55.4 Å². The molecule has 0 atom stereocenters. The number of terminal acetylenes is 1. The molecule has 2 aromatic rings. The lowest BCUT2D eigenvalue weighted by Crippen LogP contribution is -2.39. The molecule has 0 radical (unpaired) electrons. The lowest BCUT2D eigenvalue weighted by Gasteiger charge is -2.44. The number of hydrogen-bond donors (Lipinski definition) is 0. The van der Waals surface area contributed by atoms with E-state index in [1.54, 1.807) is 7.11 Å². The quantitative estimate of drug-likeness (QED) is 0.498. The second-order valence-electron chi connectivity index (χ2n) is 9.50. The maximum atomic E-state index is 13.5. The Labute approximate surface area is 212 Å². The van der Waals surface area contributed by atoms with E-state index < -0.39 is 0 Å². The predicted molar refractivity (Wildman–Crippen MR) is 139 cm³/mol. The summed E-state index contributed by atoms with van der Waals surface area (Å²) in [6, 6.07) is 16.1. The van der Waals surface area contributed by atoms with Crippen LogP contribution in [0.3, 0.4) is 0 Å². The number of carbonyl (C=O) groups is 2. The van der Waals surface area contributed by atoms with Crippen molar-refractivity contribution < 1.29 is 19.1 Å².